The zero-order chi connectivity index (χ0) is 36.5. The Labute approximate surface area is 306 Å². The van der Waals surface area contributed by atoms with Crippen LogP contribution in [0.3, 0.4) is 0 Å². The summed E-state index contributed by atoms with van der Waals surface area (Å²) in [5.41, 5.74) is 1.43. The van der Waals surface area contributed by atoms with Gasteiger partial charge in [0.1, 0.15) is 0 Å². The van der Waals surface area contributed by atoms with Crippen molar-refractivity contribution >= 4 is 24.1 Å². The number of benzene rings is 1. The van der Waals surface area contributed by atoms with E-state index < -0.39 is 0 Å². The van der Waals surface area contributed by atoms with Gasteiger partial charge < -0.3 is 24.8 Å². The van der Waals surface area contributed by atoms with Crippen molar-refractivity contribution < 1.29 is 25.3 Å². The number of amides is 4. The van der Waals surface area contributed by atoms with Gasteiger partial charge in [-0.3, -0.25) is 23.9 Å². The lowest BCUT2D eigenvalue weighted by atomic mass is 9.70. The van der Waals surface area contributed by atoms with E-state index in [1.54, 1.807) is 17.1 Å². The molecule has 51 heavy (non-hydrogen) atoms. The van der Waals surface area contributed by atoms with Crippen LogP contribution in [-0.2, 0) is 25.7 Å². The van der Waals surface area contributed by atoms with Crippen molar-refractivity contribution in [3.63, 3.8) is 0 Å². The van der Waals surface area contributed by atoms with Gasteiger partial charge in [-0.05, 0) is 55.9 Å². The van der Waals surface area contributed by atoms with Crippen LogP contribution in [0.25, 0.3) is 0 Å². The quantitative estimate of drug-likeness (QED) is 0.213. The first-order valence-corrected chi connectivity index (χ1v) is 19.6. The predicted molar refractivity (Wildman–Crippen MR) is 201 cm³/mol. The summed E-state index contributed by atoms with van der Waals surface area (Å²) < 4.78 is 7.63. The summed E-state index contributed by atoms with van der Waals surface area (Å²) in [6, 6.07) is 10.0. The fraction of sp³-hybridized carbons (Fsp3) is 0.675. The SMILES string of the molecule is CC.CCCC(=O)N1CC2(C1)CN(C(=O)c1cnn(Cc3ccccc3)c1)CC2CC(=O)NCCOCC1CCCCC1.O=CN1CCCCC1.[HH]. The summed E-state index contributed by atoms with van der Waals surface area (Å²) in [5.74, 6) is 0.729. The summed E-state index contributed by atoms with van der Waals surface area (Å²) in [5, 5.41) is 7.44. The molecule has 2 aromatic rings. The van der Waals surface area contributed by atoms with E-state index in [1.165, 1.54) is 51.4 Å². The van der Waals surface area contributed by atoms with Crippen LogP contribution in [0.4, 0.5) is 0 Å². The number of hydrogen-bond acceptors (Lipinski definition) is 6. The van der Waals surface area contributed by atoms with Gasteiger partial charge in [0.25, 0.3) is 5.91 Å². The molecule has 1 atom stereocenters. The number of aromatic nitrogens is 2. The molecule has 3 saturated heterocycles. The normalized spacial score (nSPS) is 19.7. The highest BCUT2D eigenvalue weighted by Gasteiger charge is 2.56. The molecular weight excluding hydrogens is 644 g/mol. The van der Waals surface area contributed by atoms with Crippen molar-refractivity contribution in [1.29, 1.82) is 0 Å². The number of nitrogens with one attached hydrogen (secondary N) is 1. The minimum absolute atomic E-state index is 0. The highest BCUT2D eigenvalue weighted by atomic mass is 16.5. The van der Waals surface area contributed by atoms with Crippen LogP contribution >= 0.6 is 0 Å². The van der Waals surface area contributed by atoms with Gasteiger partial charge in [-0.2, -0.15) is 5.10 Å². The molecule has 284 valence electrons. The van der Waals surface area contributed by atoms with E-state index in [4.69, 9.17) is 4.74 Å². The van der Waals surface area contributed by atoms with Crippen LogP contribution in [0.15, 0.2) is 42.7 Å². The Balaban J connectivity index is 0.000000580. The van der Waals surface area contributed by atoms with E-state index in [0.717, 1.165) is 38.1 Å². The number of piperidine rings is 1. The summed E-state index contributed by atoms with van der Waals surface area (Å²) in [7, 11) is 0. The zero-order valence-corrected chi connectivity index (χ0v) is 31.4. The van der Waals surface area contributed by atoms with Crippen LogP contribution in [-0.4, -0.2) is 108 Å². The second-order valence-corrected chi connectivity index (χ2v) is 14.5. The molecule has 0 radical (unpaired) electrons. The van der Waals surface area contributed by atoms with Crippen LogP contribution in [0.5, 0.6) is 0 Å². The third kappa shape index (κ3) is 11.9. The standard InChI is InChI=1S/C32H45N5O4.C6H11NO.C2H6.H2/c1-2-9-30(39)36-23-32(24-36)22-35(31(40)27-17-34-37(19-27)18-25-10-5-3-6-11-25)20-28(32)16-29(38)33-14-15-41-21-26-12-7-4-8-13-26;8-6-7-4-2-1-3-5-7;1-2;/h3,5-6,10-11,17,19,26,28H,2,4,7-9,12-16,18,20-24H2,1H3,(H,33,38);6H,1-5H2;1-2H3;1H. The largest absolute Gasteiger partial charge is 0.379 e. The van der Waals surface area contributed by atoms with E-state index in [2.05, 4.69) is 10.4 Å². The Hall–Kier alpha value is -3.73. The average Bonchev–Trinajstić information content (AvgIpc) is 3.78. The van der Waals surface area contributed by atoms with Gasteiger partial charge in [0.15, 0.2) is 0 Å². The first-order valence-electron chi connectivity index (χ1n) is 19.6. The number of carbonyl (C=O) groups excluding carboxylic acids is 4. The third-order valence-electron chi connectivity index (χ3n) is 10.6. The molecule has 1 aromatic heterocycles. The van der Waals surface area contributed by atoms with Crippen molar-refractivity contribution in [3.8, 4) is 0 Å². The van der Waals surface area contributed by atoms with E-state index in [0.29, 0.717) is 70.2 Å². The van der Waals surface area contributed by atoms with Crippen LogP contribution in [0.2, 0.25) is 0 Å². The van der Waals surface area contributed by atoms with Crippen molar-refractivity contribution in [1.82, 2.24) is 29.8 Å². The number of ether oxygens (including phenoxy) is 1. The van der Waals surface area contributed by atoms with Crippen LogP contribution in [0.1, 0.15) is 109 Å². The van der Waals surface area contributed by atoms with Gasteiger partial charge in [-0.1, -0.05) is 70.4 Å². The molecule has 1 aliphatic carbocycles. The highest BCUT2D eigenvalue weighted by Crippen LogP contribution is 2.46. The number of rotatable bonds is 13. The van der Waals surface area contributed by atoms with Gasteiger partial charge in [0.05, 0.1) is 24.9 Å². The Morgan fingerprint density at radius 2 is 1.67 bits per heavy atom. The summed E-state index contributed by atoms with van der Waals surface area (Å²) in [6.07, 6.45) is 16.2. The Morgan fingerprint density at radius 3 is 2.33 bits per heavy atom. The number of carbonyl (C=O) groups is 4. The number of hydrogen-bond donors (Lipinski definition) is 1. The molecular formula is C40H64N6O5. The van der Waals surface area contributed by atoms with Gasteiger partial charge in [0, 0.05) is 78.3 Å². The Bertz CT molecular complexity index is 1360. The summed E-state index contributed by atoms with van der Waals surface area (Å²) >= 11 is 0. The minimum atomic E-state index is -0.242. The molecule has 4 aliphatic rings. The molecule has 11 nitrogen and oxygen atoms in total. The van der Waals surface area contributed by atoms with Crippen molar-refractivity contribution in [2.24, 2.45) is 17.3 Å². The Kier molecular flexibility index (Phi) is 16.5. The lowest BCUT2D eigenvalue weighted by molar-refractivity contribution is -0.145. The molecule has 1 saturated carbocycles. The average molecular weight is 709 g/mol. The first-order chi connectivity index (χ1) is 24.9. The molecule has 1 spiro atoms. The fourth-order valence-electron chi connectivity index (χ4n) is 7.79. The van der Waals surface area contributed by atoms with Crippen LogP contribution < -0.4 is 5.32 Å². The summed E-state index contributed by atoms with van der Waals surface area (Å²) in [6.45, 7) is 12.6. The van der Waals surface area contributed by atoms with Gasteiger partial charge >= 0.3 is 0 Å². The predicted octanol–water partition coefficient (Wildman–Crippen LogP) is 5.64. The molecule has 4 heterocycles. The third-order valence-corrected chi connectivity index (χ3v) is 10.6. The zero-order valence-electron chi connectivity index (χ0n) is 31.4. The molecule has 4 fully saturated rings. The highest BCUT2D eigenvalue weighted by molar-refractivity contribution is 5.94. The number of likely N-dealkylation sites (tertiary alicyclic amines) is 3. The monoisotopic (exact) mass is 708 g/mol. The first kappa shape index (κ1) is 40.0. The lowest BCUT2D eigenvalue weighted by Gasteiger charge is -2.51. The molecule has 4 amide bonds. The van der Waals surface area contributed by atoms with E-state index in [-0.39, 0.29) is 30.5 Å². The maximum Gasteiger partial charge on any atom is 0.257 e. The smallest absolute Gasteiger partial charge is 0.257 e. The molecule has 6 rings (SSSR count). The van der Waals surface area contributed by atoms with Crippen molar-refractivity contribution in [2.45, 2.75) is 97.9 Å². The molecule has 1 aromatic carbocycles. The fourth-order valence-corrected chi connectivity index (χ4v) is 7.79. The van der Waals surface area contributed by atoms with Crippen molar-refractivity contribution in [3.05, 3.63) is 53.9 Å². The van der Waals surface area contributed by atoms with Gasteiger partial charge in [0.2, 0.25) is 18.2 Å². The maximum absolute atomic E-state index is 13.5. The molecule has 0 bridgehead atoms. The molecule has 11 heteroatoms. The summed E-state index contributed by atoms with van der Waals surface area (Å²) in [4.78, 5) is 54.7. The van der Waals surface area contributed by atoms with E-state index >= 15 is 0 Å². The molecule has 1 unspecified atom stereocenters. The van der Waals surface area contributed by atoms with Gasteiger partial charge in [-0.15, -0.1) is 0 Å². The van der Waals surface area contributed by atoms with E-state index in [9.17, 15) is 19.2 Å². The molecule has 3 aliphatic heterocycles. The minimum Gasteiger partial charge on any atom is -0.379 e. The second kappa shape index (κ2) is 21.0. The lowest BCUT2D eigenvalue weighted by Crippen LogP contribution is -2.62. The Morgan fingerprint density at radius 1 is 0.980 bits per heavy atom. The van der Waals surface area contributed by atoms with Crippen LogP contribution in [0, 0.1) is 17.3 Å². The topological polar surface area (TPSA) is 117 Å². The van der Waals surface area contributed by atoms with Gasteiger partial charge in [-0.25, -0.2) is 0 Å². The van der Waals surface area contributed by atoms with Crippen molar-refractivity contribution in [2.75, 3.05) is 59.0 Å². The second-order valence-electron chi connectivity index (χ2n) is 14.5. The van der Waals surface area contributed by atoms with E-state index in [1.807, 2.05) is 65.8 Å². The molecule has 1 N–H and O–H groups in total. The number of nitrogens with zero attached hydrogens (tertiary/aromatic N) is 5. The maximum atomic E-state index is 13.5.